The molecule has 0 aromatic rings. The molecule has 0 bridgehead atoms. The second-order valence-electron chi connectivity index (χ2n) is 3.83. The molecule has 0 atom stereocenters. The van der Waals surface area contributed by atoms with Crippen LogP contribution in [0.2, 0.25) is 0 Å². The van der Waals surface area contributed by atoms with Crippen molar-refractivity contribution >= 4 is 0 Å². The number of rotatable bonds is 0. The van der Waals surface area contributed by atoms with E-state index in [0.717, 1.165) is 26.2 Å². The van der Waals surface area contributed by atoms with Crippen LogP contribution in [0.1, 0.15) is 20.8 Å². The van der Waals surface area contributed by atoms with Crippen LogP contribution in [0.15, 0.2) is 0 Å². The molecule has 0 saturated carbocycles. The van der Waals surface area contributed by atoms with Gasteiger partial charge in [0.05, 0.1) is 0 Å². The third kappa shape index (κ3) is 3.68. The molecule has 1 saturated heterocycles. The maximum Gasteiger partial charge on any atom is 0.0123 e. The third-order valence-corrected chi connectivity index (χ3v) is 2.00. The summed E-state index contributed by atoms with van der Waals surface area (Å²) in [5, 5.41) is 4.30. The van der Waals surface area contributed by atoms with Gasteiger partial charge in [-0.3, -0.25) is 0 Å². The minimum absolute atomic E-state index is 0. The molecule has 0 aliphatic carbocycles. The Hall–Kier alpha value is 0.608. The Labute approximate surface area is 84.0 Å². The predicted molar refractivity (Wildman–Crippen MR) is 44.4 cm³/mol. The zero-order valence-electron chi connectivity index (χ0n) is 7.63. The molecular formula is C8H17N2W-. The molecule has 2 nitrogen and oxygen atoms in total. The summed E-state index contributed by atoms with van der Waals surface area (Å²) in [7, 11) is 0. The van der Waals surface area contributed by atoms with Crippen LogP contribution in [0.4, 0.5) is 0 Å². The number of hydrogen-bond donors (Lipinski definition) is 0. The molecule has 0 aromatic carbocycles. The van der Waals surface area contributed by atoms with Crippen LogP contribution >= 0.6 is 0 Å². The predicted octanol–water partition coefficient (Wildman–Crippen LogP) is 1.47. The molecule has 1 heterocycles. The van der Waals surface area contributed by atoms with Crippen molar-refractivity contribution in [2.75, 3.05) is 26.2 Å². The van der Waals surface area contributed by atoms with Crippen molar-refractivity contribution in [2.45, 2.75) is 26.3 Å². The standard InChI is InChI=1S/C8H17N2.W/c1-8(2,3)10-6-4-9-5-7-10;/h4-7H2,1-3H3;/q-1;. The van der Waals surface area contributed by atoms with Crippen LogP contribution in [-0.2, 0) is 21.1 Å². The van der Waals surface area contributed by atoms with Gasteiger partial charge in [-0.1, -0.05) is 0 Å². The van der Waals surface area contributed by atoms with Crippen LogP contribution in [-0.4, -0.2) is 36.6 Å². The Morgan fingerprint density at radius 2 is 1.55 bits per heavy atom. The van der Waals surface area contributed by atoms with Crippen molar-refractivity contribution in [3.63, 3.8) is 0 Å². The molecular weight excluding hydrogens is 308 g/mol. The van der Waals surface area contributed by atoms with E-state index in [1.807, 2.05) is 0 Å². The Balaban J connectivity index is 0.000001000. The normalized spacial score (nSPS) is 21.0. The van der Waals surface area contributed by atoms with Crippen molar-refractivity contribution < 1.29 is 21.1 Å². The van der Waals surface area contributed by atoms with Crippen molar-refractivity contribution in [3.8, 4) is 0 Å². The van der Waals surface area contributed by atoms with Gasteiger partial charge in [0.15, 0.2) is 0 Å². The molecule has 0 unspecified atom stereocenters. The van der Waals surface area contributed by atoms with Gasteiger partial charge in [0, 0.05) is 26.6 Å². The summed E-state index contributed by atoms with van der Waals surface area (Å²) in [4.78, 5) is 2.49. The molecule has 0 amide bonds. The minimum atomic E-state index is 0. The summed E-state index contributed by atoms with van der Waals surface area (Å²) in [5.41, 5.74) is 0.343. The Kier molecular flexibility index (Phi) is 4.84. The SMILES string of the molecule is CC(C)(C)N1CC[N-]CC1.[W]. The van der Waals surface area contributed by atoms with Gasteiger partial charge >= 0.3 is 0 Å². The molecule has 0 N–H and O–H groups in total. The van der Waals surface area contributed by atoms with Gasteiger partial charge in [-0.15, -0.1) is 13.1 Å². The monoisotopic (exact) mass is 325 g/mol. The number of piperazine rings is 1. The molecule has 3 heteroatoms. The van der Waals surface area contributed by atoms with Crippen molar-refractivity contribution in [2.24, 2.45) is 0 Å². The van der Waals surface area contributed by atoms with E-state index in [2.05, 4.69) is 31.0 Å². The molecule has 0 spiro atoms. The smallest absolute Gasteiger partial charge is 0.0123 e. The van der Waals surface area contributed by atoms with Crippen molar-refractivity contribution in [3.05, 3.63) is 5.32 Å². The summed E-state index contributed by atoms with van der Waals surface area (Å²) in [6.45, 7) is 11.1. The van der Waals surface area contributed by atoms with Crippen molar-refractivity contribution in [1.29, 1.82) is 0 Å². The van der Waals surface area contributed by atoms with E-state index in [9.17, 15) is 0 Å². The molecule has 0 aromatic heterocycles. The summed E-state index contributed by atoms with van der Waals surface area (Å²) >= 11 is 0. The van der Waals surface area contributed by atoms with Gasteiger partial charge in [0.1, 0.15) is 0 Å². The minimum Gasteiger partial charge on any atom is -0.660 e. The molecule has 1 aliphatic heterocycles. The fourth-order valence-electron chi connectivity index (χ4n) is 1.28. The van der Waals surface area contributed by atoms with Crippen molar-refractivity contribution in [1.82, 2.24) is 4.90 Å². The zero-order valence-corrected chi connectivity index (χ0v) is 10.6. The Bertz CT molecular complexity index is 103. The summed E-state index contributed by atoms with van der Waals surface area (Å²) in [6, 6.07) is 0. The van der Waals surface area contributed by atoms with E-state index < -0.39 is 0 Å². The first-order valence-corrected chi connectivity index (χ1v) is 3.99. The third-order valence-electron chi connectivity index (χ3n) is 2.00. The van der Waals surface area contributed by atoms with E-state index >= 15 is 0 Å². The molecule has 1 rings (SSSR count). The van der Waals surface area contributed by atoms with Crippen LogP contribution in [0, 0.1) is 0 Å². The van der Waals surface area contributed by atoms with E-state index in [1.54, 1.807) is 0 Å². The fraction of sp³-hybridized carbons (Fsp3) is 1.00. The fourth-order valence-corrected chi connectivity index (χ4v) is 1.28. The van der Waals surface area contributed by atoms with E-state index in [-0.39, 0.29) is 21.1 Å². The largest absolute Gasteiger partial charge is 0.660 e. The molecule has 11 heavy (non-hydrogen) atoms. The van der Waals surface area contributed by atoms with Crippen LogP contribution < -0.4 is 0 Å². The first kappa shape index (κ1) is 11.6. The average Bonchev–Trinajstić information content (AvgIpc) is 1.88. The number of nitrogens with zero attached hydrogens (tertiary/aromatic N) is 2. The van der Waals surface area contributed by atoms with Gasteiger partial charge in [0.25, 0.3) is 0 Å². The van der Waals surface area contributed by atoms with E-state index in [1.165, 1.54) is 0 Å². The van der Waals surface area contributed by atoms with Gasteiger partial charge in [-0.2, -0.15) is 0 Å². The van der Waals surface area contributed by atoms with Gasteiger partial charge < -0.3 is 10.2 Å². The van der Waals surface area contributed by atoms with Gasteiger partial charge in [-0.25, -0.2) is 0 Å². The first-order valence-electron chi connectivity index (χ1n) is 3.99. The summed E-state index contributed by atoms with van der Waals surface area (Å²) in [6.07, 6.45) is 0. The van der Waals surface area contributed by atoms with Crippen LogP contribution in [0.3, 0.4) is 0 Å². The number of hydrogen-bond acceptors (Lipinski definition) is 1. The molecule has 0 radical (unpaired) electrons. The zero-order chi connectivity index (χ0) is 7.61. The Morgan fingerprint density at radius 3 is 1.82 bits per heavy atom. The average molecular weight is 325 g/mol. The molecule has 66 valence electrons. The quantitative estimate of drug-likeness (QED) is 0.659. The Morgan fingerprint density at radius 1 is 1.09 bits per heavy atom. The summed E-state index contributed by atoms with van der Waals surface area (Å²) < 4.78 is 0. The maximum absolute atomic E-state index is 4.30. The maximum atomic E-state index is 4.30. The van der Waals surface area contributed by atoms with Gasteiger partial charge in [-0.05, 0) is 33.9 Å². The summed E-state index contributed by atoms with van der Waals surface area (Å²) in [5.74, 6) is 0. The van der Waals surface area contributed by atoms with E-state index in [4.69, 9.17) is 0 Å². The van der Waals surface area contributed by atoms with Crippen LogP contribution in [0.25, 0.3) is 5.32 Å². The second kappa shape index (κ2) is 4.59. The first-order chi connectivity index (χ1) is 4.61. The van der Waals surface area contributed by atoms with Gasteiger partial charge in [0.2, 0.25) is 0 Å². The molecule has 1 aliphatic rings. The molecule has 1 fully saturated rings. The van der Waals surface area contributed by atoms with E-state index in [0.29, 0.717) is 5.54 Å². The second-order valence-corrected chi connectivity index (χ2v) is 3.83. The van der Waals surface area contributed by atoms with Crippen LogP contribution in [0.5, 0.6) is 0 Å². The topological polar surface area (TPSA) is 17.3 Å².